The molecule has 2 heterocycles. The maximum atomic E-state index is 12.6. The first kappa shape index (κ1) is 13.9. The van der Waals surface area contributed by atoms with E-state index < -0.39 is 10.0 Å². The van der Waals surface area contributed by atoms with Gasteiger partial charge in [0.2, 0.25) is 10.0 Å². The van der Waals surface area contributed by atoms with Crippen molar-refractivity contribution in [1.82, 2.24) is 9.62 Å². The summed E-state index contributed by atoms with van der Waals surface area (Å²) in [5.74, 6) is 0.669. The molecule has 2 aliphatic heterocycles. The van der Waals surface area contributed by atoms with Gasteiger partial charge in [-0.05, 0) is 42.5 Å². The maximum absolute atomic E-state index is 12.6. The lowest BCUT2D eigenvalue weighted by molar-refractivity contribution is 0.0871. The lowest BCUT2D eigenvalue weighted by Gasteiger charge is -2.47. The smallest absolute Gasteiger partial charge is 0.243 e. The molecule has 1 N–H and O–H groups in total. The second-order valence-electron chi connectivity index (χ2n) is 5.68. The third-order valence-electron chi connectivity index (χ3n) is 4.48. The topological polar surface area (TPSA) is 58.6 Å². The van der Waals surface area contributed by atoms with Crippen molar-refractivity contribution in [2.75, 3.05) is 33.3 Å². The summed E-state index contributed by atoms with van der Waals surface area (Å²) in [6, 6.07) is 6.61. The Balaban J connectivity index is 1.74. The Morgan fingerprint density at radius 2 is 1.75 bits per heavy atom. The van der Waals surface area contributed by atoms with Gasteiger partial charge in [0.15, 0.2) is 0 Å². The van der Waals surface area contributed by atoms with Gasteiger partial charge in [0.05, 0.1) is 12.0 Å². The quantitative estimate of drug-likeness (QED) is 0.906. The van der Waals surface area contributed by atoms with Gasteiger partial charge in [0.25, 0.3) is 0 Å². The van der Waals surface area contributed by atoms with Crippen LogP contribution in [-0.4, -0.2) is 46.0 Å². The van der Waals surface area contributed by atoms with Gasteiger partial charge < -0.3 is 10.1 Å². The summed E-state index contributed by atoms with van der Waals surface area (Å²) < 4.78 is 31.8. The van der Waals surface area contributed by atoms with Crippen molar-refractivity contribution in [3.63, 3.8) is 0 Å². The van der Waals surface area contributed by atoms with Crippen LogP contribution in [0, 0.1) is 5.41 Å². The zero-order valence-electron chi connectivity index (χ0n) is 11.6. The number of sulfonamides is 1. The molecule has 3 rings (SSSR count). The Bertz CT molecular complexity index is 569. The molecule has 1 spiro atoms. The second kappa shape index (κ2) is 5.02. The molecule has 0 aromatic heterocycles. The van der Waals surface area contributed by atoms with Gasteiger partial charge in [0.1, 0.15) is 5.75 Å². The van der Waals surface area contributed by atoms with Gasteiger partial charge in [-0.3, -0.25) is 0 Å². The van der Waals surface area contributed by atoms with E-state index in [1.54, 1.807) is 35.7 Å². The van der Waals surface area contributed by atoms with Crippen molar-refractivity contribution in [1.29, 1.82) is 0 Å². The molecule has 6 heteroatoms. The van der Waals surface area contributed by atoms with Crippen molar-refractivity contribution in [3.8, 4) is 5.75 Å². The van der Waals surface area contributed by atoms with Crippen molar-refractivity contribution in [2.45, 2.75) is 17.7 Å². The Labute approximate surface area is 120 Å². The van der Waals surface area contributed by atoms with E-state index in [1.807, 2.05) is 0 Å². The minimum atomic E-state index is -3.36. The van der Waals surface area contributed by atoms with Crippen molar-refractivity contribution in [3.05, 3.63) is 24.3 Å². The van der Waals surface area contributed by atoms with Crippen LogP contribution in [0.15, 0.2) is 29.2 Å². The lowest BCUT2D eigenvalue weighted by Crippen LogP contribution is -2.58. The maximum Gasteiger partial charge on any atom is 0.243 e. The molecular formula is C14H20N2O3S. The van der Waals surface area contributed by atoms with Crippen LogP contribution in [0.4, 0.5) is 0 Å². The van der Waals surface area contributed by atoms with E-state index in [4.69, 9.17) is 4.74 Å². The summed E-state index contributed by atoms with van der Waals surface area (Å²) in [6.07, 6.45) is 1.91. The largest absolute Gasteiger partial charge is 0.497 e. The molecule has 0 radical (unpaired) electrons. The molecule has 1 aromatic carbocycles. The van der Waals surface area contributed by atoms with Crippen molar-refractivity contribution >= 4 is 10.0 Å². The first-order valence-electron chi connectivity index (χ1n) is 6.91. The Morgan fingerprint density at radius 3 is 2.20 bits per heavy atom. The fourth-order valence-corrected chi connectivity index (χ4v) is 4.37. The standard InChI is InChI=1S/C14H20N2O3S/c1-19-12-2-4-13(5-3-12)20(17,18)16-8-6-14(7-9-16)10-15-11-14/h2-5,15H,6-11H2,1H3. The summed E-state index contributed by atoms with van der Waals surface area (Å²) in [7, 11) is -1.79. The number of methoxy groups -OCH3 is 1. The van der Waals surface area contributed by atoms with Gasteiger partial charge >= 0.3 is 0 Å². The van der Waals surface area contributed by atoms with Crippen LogP contribution in [0.1, 0.15) is 12.8 Å². The number of nitrogens with zero attached hydrogens (tertiary/aromatic N) is 1. The van der Waals surface area contributed by atoms with E-state index in [2.05, 4.69) is 5.32 Å². The highest BCUT2D eigenvalue weighted by Gasteiger charge is 2.42. The molecule has 0 aliphatic carbocycles. The third kappa shape index (κ3) is 2.32. The van der Waals surface area contributed by atoms with Crippen LogP contribution in [0.2, 0.25) is 0 Å². The molecule has 20 heavy (non-hydrogen) atoms. The zero-order chi connectivity index (χ0) is 14.2. The minimum absolute atomic E-state index is 0.348. The van der Waals surface area contributed by atoms with Crippen LogP contribution in [-0.2, 0) is 10.0 Å². The fourth-order valence-electron chi connectivity index (χ4n) is 2.93. The third-order valence-corrected chi connectivity index (χ3v) is 6.39. The van der Waals surface area contributed by atoms with Crippen molar-refractivity contribution < 1.29 is 13.2 Å². The average Bonchev–Trinajstić information content (AvgIpc) is 2.46. The normalized spacial score (nSPS) is 22.4. The molecule has 0 unspecified atom stereocenters. The molecule has 110 valence electrons. The molecule has 0 atom stereocenters. The van der Waals surface area contributed by atoms with E-state index in [9.17, 15) is 8.42 Å². The number of piperidine rings is 1. The second-order valence-corrected chi connectivity index (χ2v) is 7.62. The Morgan fingerprint density at radius 1 is 1.15 bits per heavy atom. The predicted octanol–water partition coefficient (Wildman–Crippen LogP) is 1.07. The molecule has 0 saturated carbocycles. The lowest BCUT2D eigenvalue weighted by atomic mass is 9.74. The first-order chi connectivity index (χ1) is 9.56. The fraction of sp³-hybridized carbons (Fsp3) is 0.571. The summed E-state index contributed by atoms with van der Waals surface area (Å²) in [5, 5.41) is 3.29. The van der Waals surface area contributed by atoms with Gasteiger partial charge in [-0.1, -0.05) is 0 Å². The molecule has 1 aromatic rings. The summed E-state index contributed by atoms with van der Waals surface area (Å²) in [6.45, 7) is 3.30. The number of hydrogen-bond donors (Lipinski definition) is 1. The highest BCUT2D eigenvalue weighted by Crippen LogP contribution is 2.36. The number of ether oxygens (including phenoxy) is 1. The predicted molar refractivity (Wildman–Crippen MR) is 76.3 cm³/mol. The van der Waals surface area contributed by atoms with Gasteiger partial charge in [-0.15, -0.1) is 0 Å². The first-order valence-corrected chi connectivity index (χ1v) is 8.35. The molecule has 0 amide bonds. The summed E-state index contributed by atoms with van der Waals surface area (Å²) in [5.41, 5.74) is 0.353. The minimum Gasteiger partial charge on any atom is -0.497 e. The summed E-state index contributed by atoms with van der Waals surface area (Å²) >= 11 is 0. The SMILES string of the molecule is COc1ccc(S(=O)(=O)N2CCC3(CC2)CNC3)cc1. The van der Waals surface area contributed by atoms with E-state index in [-0.39, 0.29) is 0 Å². The van der Waals surface area contributed by atoms with Gasteiger partial charge in [-0.25, -0.2) is 8.42 Å². The van der Waals surface area contributed by atoms with Crippen LogP contribution < -0.4 is 10.1 Å². The van der Waals surface area contributed by atoms with Gasteiger partial charge in [-0.2, -0.15) is 4.31 Å². The average molecular weight is 296 g/mol. The zero-order valence-corrected chi connectivity index (χ0v) is 12.4. The molecule has 0 bridgehead atoms. The molecule has 2 aliphatic rings. The highest BCUT2D eigenvalue weighted by atomic mass is 32.2. The molecule has 2 saturated heterocycles. The Kier molecular flexibility index (Phi) is 3.48. The van der Waals surface area contributed by atoms with Gasteiger partial charge in [0, 0.05) is 26.2 Å². The molecular weight excluding hydrogens is 276 g/mol. The van der Waals surface area contributed by atoms with E-state index in [0.29, 0.717) is 29.1 Å². The number of benzene rings is 1. The van der Waals surface area contributed by atoms with Crippen LogP contribution in [0.25, 0.3) is 0 Å². The van der Waals surface area contributed by atoms with Crippen LogP contribution in [0.5, 0.6) is 5.75 Å². The van der Waals surface area contributed by atoms with Crippen molar-refractivity contribution in [2.24, 2.45) is 5.41 Å². The monoisotopic (exact) mass is 296 g/mol. The Hall–Kier alpha value is -1.11. The highest BCUT2D eigenvalue weighted by molar-refractivity contribution is 7.89. The number of rotatable bonds is 3. The van der Waals surface area contributed by atoms with E-state index in [0.717, 1.165) is 25.9 Å². The van der Waals surface area contributed by atoms with E-state index >= 15 is 0 Å². The molecule has 5 nitrogen and oxygen atoms in total. The number of hydrogen-bond acceptors (Lipinski definition) is 4. The van der Waals surface area contributed by atoms with E-state index in [1.165, 1.54) is 0 Å². The van der Waals surface area contributed by atoms with Crippen LogP contribution in [0.3, 0.4) is 0 Å². The van der Waals surface area contributed by atoms with Crippen LogP contribution >= 0.6 is 0 Å². The summed E-state index contributed by atoms with van der Waals surface area (Å²) in [4.78, 5) is 0.348. The molecule has 2 fully saturated rings. The number of nitrogens with one attached hydrogen (secondary N) is 1.